The summed E-state index contributed by atoms with van der Waals surface area (Å²) >= 11 is 0. The molecule has 3 rings (SSSR count). The molecule has 2 aromatic rings. The van der Waals surface area contributed by atoms with Crippen molar-refractivity contribution in [1.29, 1.82) is 0 Å². The molecule has 0 spiro atoms. The van der Waals surface area contributed by atoms with Crippen molar-refractivity contribution in [3.63, 3.8) is 0 Å². The molecule has 0 aliphatic carbocycles. The number of nitrogens with zero attached hydrogens (tertiary/aromatic N) is 4. The van der Waals surface area contributed by atoms with Crippen molar-refractivity contribution in [1.82, 2.24) is 20.2 Å². The number of pyridine rings is 1. The van der Waals surface area contributed by atoms with Crippen LogP contribution in [-0.2, 0) is 13.1 Å². The maximum Gasteiger partial charge on any atom is 0.191 e. The second-order valence-corrected chi connectivity index (χ2v) is 6.34. The average molecular weight is 340 g/mol. The minimum Gasteiger partial charge on any atom is -0.357 e. The van der Waals surface area contributed by atoms with Crippen molar-refractivity contribution < 1.29 is 0 Å². The first kappa shape index (κ1) is 17.3. The van der Waals surface area contributed by atoms with Gasteiger partial charge in [0.15, 0.2) is 5.96 Å². The minimum atomic E-state index is 0.743. The molecule has 3 heterocycles. The molecule has 25 heavy (non-hydrogen) atoms. The van der Waals surface area contributed by atoms with E-state index < -0.39 is 0 Å². The molecule has 0 radical (unpaired) electrons. The molecule has 1 fully saturated rings. The summed E-state index contributed by atoms with van der Waals surface area (Å²) in [6, 6.07) is 8.33. The van der Waals surface area contributed by atoms with E-state index in [-0.39, 0.29) is 0 Å². The standard InChI is InChI=1S/C19H28N6/c1-20-19(22-9-14-24-10-5-6-11-24)23-16-17-7-8-21-18(15-17)25-12-3-2-4-13-25/h5-8,10-11,15H,2-4,9,12-14,16H2,1H3,(H2,20,22,23). The van der Waals surface area contributed by atoms with E-state index in [2.05, 4.69) is 54.6 Å². The lowest BCUT2D eigenvalue weighted by atomic mass is 10.1. The fourth-order valence-corrected chi connectivity index (χ4v) is 3.10. The second kappa shape index (κ2) is 9.11. The zero-order valence-corrected chi connectivity index (χ0v) is 15.0. The quantitative estimate of drug-likeness (QED) is 0.625. The van der Waals surface area contributed by atoms with Crippen molar-refractivity contribution in [3.05, 3.63) is 48.4 Å². The zero-order valence-electron chi connectivity index (χ0n) is 15.0. The molecule has 1 saturated heterocycles. The van der Waals surface area contributed by atoms with Crippen LogP contribution in [0.15, 0.2) is 47.8 Å². The zero-order chi connectivity index (χ0) is 17.3. The highest BCUT2D eigenvalue weighted by molar-refractivity contribution is 5.79. The Labute approximate surface area is 150 Å². The number of nitrogens with one attached hydrogen (secondary N) is 2. The number of hydrogen-bond acceptors (Lipinski definition) is 3. The Morgan fingerprint density at radius 1 is 1.16 bits per heavy atom. The molecule has 134 valence electrons. The van der Waals surface area contributed by atoms with Crippen LogP contribution in [0.2, 0.25) is 0 Å². The highest BCUT2D eigenvalue weighted by Gasteiger charge is 2.12. The fraction of sp³-hybridized carbons (Fsp3) is 0.474. The molecular formula is C19H28N6. The van der Waals surface area contributed by atoms with Crippen LogP contribution >= 0.6 is 0 Å². The van der Waals surface area contributed by atoms with Gasteiger partial charge in [-0.3, -0.25) is 4.99 Å². The Morgan fingerprint density at radius 3 is 2.72 bits per heavy atom. The molecular weight excluding hydrogens is 312 g/mol. The number of anilines is 1. The van der Waals surface area contributed by atoms with Crippen LogP contribution in [0.3, 0.4) is 0 Å². The molecule has 1 aliphatic rings. The first-order chi connectivity index (χ1) is 12.3. The topological polar surface area (TPSA) is 57.5 Å². The van der Waals surface area contributed by atoms with E-state index in [4.69, 9.17) is 0 Å². The Bertz CT molecular complexity index is 658. The normalized spacial score (nSPS) is 15.2. The van der Waals surface area contributed by atoms with Crippen LogP contribution in [0.25, 0.3) is 0 Å². The number of hydrogen-bond donors (Lipinski definition) is 2. The Morgan fingerprint density at radius 2 is 1.96 bits per heavy atom. The summed E-state index contributed by atoms with van der Waals surface area (Å²) < 4.78 is 2.15. The summed E-state index contributed by atoms with van der Waals surface area (Å²) in [6.45, 7) is 4.73. The SMILES string of the molecule is CN=C(NCCn1cccc1)NCc1ccnc(N2CCCCC2)c1. The van der Waals surface area contributed by atoms with Gasteiger partial charge in [-0.1, -0.05) is 0 Å². The summed E-state index contributed by atoms with van der Waals surface area (Å²) in [5, 5.41) is 6.73. The highest BCUT2D eigenvalue weighted by atomic mass is 15.2. The molecule has 0 unspecified atom stereocenters. The molecule has 6 heteroatoms. The maximum absolute atomic E-state index is 4.54. The Kier molecular flexibility index (Phi) is 6.31. The van der Waals surface area contributed by atoms with Gasteiger partial charge in [0.25, 0.3) is 0 Å². The Balaban J connectivity index is 1.47. The monoisotopic (exact) mass is 340 g/mol. The lowest BCUT2D eigenvalue weighted by Gasteiger charge is -2.28. The maximum atomic E-state index is 4.54. The van der Waals surface area contributed by atoms with E-state index in [9.17, 15) is 0 Å². The predicted molar refractivity (Wildman–Crippen MR) is 103 cm³/mol. The number of rotatable bonds is 6. The van der Waals surface area contributed by atoms with Crippen molar-refractivity contribution in [2.24, 2.45) is 4.99 Å². The Hall–Kier alpha value is -2.50. The first-order valence-corrected chi connectivity index (χ1v) is 9.10. The van der Waals surface area contributed by atoms with Gasteiger partial charge in [-0.15, -0.1) is 0 Å². The lowest BCUT2D eigenvalue weighted by molar-refractivity contribution is 0.573. The molecule has 0 bridgehead atoms. The number of piperidine rings is 1. The van der Waals surface area contributed by atoms with E-state index in [1.807, 2.05) is 18.3 Å². The van der Waals surface area contributed by atoms with Gasteiger partial charge in [0.1, 0.15) is 5.82 Å². The van der Waals surface area contributed by atoms with Crippen LogP contribution < -0.4 is 15.5 Å². The lowest BCUT2D eigenvalue weighted by Crippen LogP contribution is -2.38. The van der Waals surface area contributed by atoms with E-state index in [1.54, 1.807) is 7.05 Å². The fourth-order valence-electron chi connectivity index (χ4n) is 3.10. The van der Waals surface area contributed by atoms with Gasteiger partial charge in [-0.2, -0.15) is 0 Å². The van der Waals surface area contributed by atoms with Gasteiger partial charge in [-0.05, 0) is 49.1 Å². The van der Waals surface area contributed by atoms with E-state index in [0.29, 0.717) is 0 Å². The van der Waals surface area contributed by atoms with Crippen molar-refractivity contribution in [2.75, 3.05) is 31.6 Å². The number of aromatic nitrogens is 2. The van der Waals surface area contributed by atoms with Crippen LogP contribution in [0.1, 0.15) is 24.8 Å². The van der Waals surface area contributed by atoms with E-state index in [0.717, 1.165) is 44.5 Å². The van der Waals surface area contributed by atoms with Gasteiger partial charge in [0, 0.05) is 58.4 Å². The van der Waals surface area contributed by atoms with Crippen LogP contribution in [-0.4, -0.2) is 42.2 Å². The summed E-state index contributed by atoms with van der Waals surface area (Å²) in [6.07, 6.45) is 9.91. The van der Waals surface area contributed by atoms with Crippen molar-refractivity contribution in [3.8, 4) is 0 Å². The molecule has 0 saturated carbocycles. The summed E-state index contributed by atoms with van der Waals surface area (Å²) in [5.41, 5.74) is 1.23. The molecule has 0 amide bonds. The van der Waals surface area contributed by atoms with Crippen molar-refractivity contribution in [2.45, 2.75) is 32.4 Å². The van der Waals surface area contributed by atoms with Gasteiger partial charge >= 0.3 is 0 Å². The number of aliphatic imine (C=N–C) groups is 1. The highest BCUT2D eigenvalue weighted by Crippen LogP contribution is 2.18. The summed E-state index contributed by atoms with van der Waals surface area (Å²) in [7, 11) is 1.80. The van der Waals surface area contributed by atoms with Crippen LogP contribution in [0.4, 0.5) is 5.82 Å². The summed E-state index contributed by atoms with van der Waals surface area (Å²) in [4.78, 5) is 11.2. The van der Waals surface area contributed by atoms with Gasteiger partial charge in [0.2, 0.25) is 0 Å². The third-order valence-corrected chi connectivity index (χ3v) is 4.50. The minimum absolute atomic E-state index is 0.743. The molecule has 2 N–H and O–H groups in total. The molecule has 6 nitrogen and oxygen atoms in total. The second-order valence-electron chi connectivity index (χ2n) is 6.34. The van der Waals surface area contributed by atoms with Crippen molar-refractivity contribution >= 4 is 11.8 Å². The van der Waals surface area contributed by atoms with Gasteiger partial charge < -0.3 is 20.1 Å². The first-order valence-electron chi connectivity index (χ1n) is 9.10. The largest absolute Gasteiger partial charge is 0.357 e. The number of guanidine groups is 1. The van der Waals surface area contributed by atoms with Gasteiger partial charge in [-0.25, -0.2) is 4.98 Å². The van der Waals surface area contributed by atoms with Crippen LogP contribution in [0.5, 0.6) is 0 Å². The molecule has 2 aromatic heterocycles. The summed E-state index contributed by atoms with van der Waals surface area (Å²) in [5.74, 6) is 1.91. The molecule has 1 aliphatic heterocycles. The van der Waals surface area contributed by atoms with Crippen LogP contribution in [0, 0.1) is 0 Å². The third kappa shape index (κ3) is 5.24. The molecule has 0 atom stereocenters. The smallest absolute Gasteiger partial charge is 0.191 e. The predicted octanol–water partition coefficient (Wildman–Crippen LogP) is 2.24. The molecule has 0 aromatic carbocycles. The van der Waals surface area contributed by atoms with Gasteiger partial charge in [0.05, 0.1) is 0 Å². The van der Waals surface area contributed by atoms with E-state index >= 15 is 0 Å². The average Bonchev–Trinajstić information content (AvgIpc) is 3.19. The third-order valence-electron chi connectivity index (χ3n) is 4.50. The van der Waals surface area contributed by atoms with E-state index in [1.165, 1.54) is 24.8 Å².